The van der Waals surface area contributed by atoms with Crippen molar-refractivity contribution in [3.05, 3.63) is 29.8 Å². The average molecular weight is 374 g/mol. The zero-order valence-electron chi connectivity index (χ0n) is 13.1. The van der Waals surface area contributed by atoms with E-state index in [0.717, 1.165) is 23.0 Å². The number of aliphatic hydroxyl groups excluding tert-OH is 1. The molecule has 2 aromatic heterocycles. The molecule has 0 bridgehead atoms. The zero-order chi connectivity index (χ0) is 18.2. The highest BCUT2D eigenvalue weighted by Crippen LogP contribution is 2.33. The molecule has 2 heterocycles. The molecule has 1 aromatic carbocycles. The quantitative estimate of drug-likeness (QED) is 0.547. The molecular weight excluding hydrogens is 360 g/mol. The molecule has 0 aliphatic heterocycles. The minimum Gasteiger partial charge on any atom is -0.396 e. The van der Waals surface area contributed by atoms with Gasteiger partial charge < -0.3 is 5.11 Å². The fourth-order valence-electron chi connectivity index (χ4n) is 2.36. The van der Waals surface area contributed by atoms with E-state index in [1.54, 1.807) is 0 Å². The molecule has 0 fully saturated rings. The number of thioether (sulfide) groups is 1. The van der Waals surface area contributed by atoms with Crippen LogP contribution in [0, 0.1) is 11.7 Å². The summed E-state index contributed by atoms with van der Waals surface area (Å²) in [5.41, 5.74) is 0.0767. The van der Waals surface area contributed by atoms with E-state index in [2.05, 4.69) is 15.2 Å². The molecule has 10 heteroatoms. The summed E-state index contributed by atoms with van der Waals surface area (Å²) >= 11 is 1.19. The van der Waals surface area contributed by atoms with Crippen LogP contribution in [0.1, 0.15) is 19.2 Å². The maximum absolute atomic E-state index is 13.5. The lowest BCUT2D eigenvalue weighted by Crippen LogP contribution is -2.12. The summed E-state index contributed by atoms with van der Waals surface area (Å²) < 4.78 is 54.1. The fourth-order valence-corrected chi connectivity index (χ4v) is 3.52. The second-order valence-electron chi connectivity index (χ2n) is 5.50. The summed E-state index contributed by atoms with van der Waals surface area (Å²) in [6.45, 7) is 1.88. The molecule has 1 N–H and O–H groups in total. The Labute approximate surface area is 144 Å². The van der Waals surface area contributed by atoms with Crippen molar-refractivity contribution in [2.45, 2.75) is 24.5 Å². The number of hydrogen-bond donors (Lipinski definition) is 1. The molecule has 0 saturated carbocycles. The number of benzene rings is 1. The molecule has 3 rings (SSSR count). The van der Waals surface area contributed by atoms with Gasteiger partial charge in [-0.2, -0.15) is 13.2 Å². The number of nitrogens with zero attached hydrogens (tertiary/aromatic N) is 4. The van der Waals surface area contributed by atoms with Crippen LogP contribution >= 0.6 is 11.8 Å². The average Bonchev–Trinajstić information content (AvgIpc) is 3.02. The Morgan fingerprint density at radius 1 is 1.28 bits per heavy atom. The smallest absolute Gasteiger partial charge is 0.396 e. The SMILES string of the molecule is CCC(CO)CSc1nc2ccc(F)cc2n2c(C(F)(F)F)nnc12. The van der Waals surface area contributed by atoms with Crippen LogP contribution in [0.4, 0.5) is 17.6 Å². The summed E-state index contributed by atoms with van der Waals surface area (Å²) in [4.78, 5) is 4.30. The minimum atomic E-state index is -4.74. The van der Waals surface area contributed by atoms with E-state index in [4.69, 9.17) is 0 Å². The van der Waals surface area contributed by atoms with E-state index >= 15 is 0 Å². The third-order valence-electron chi connectivity index (χ3n) is 3.80. The van der Waals surface area contributed by atoms with Gasteiger partial charge in [0.2, 0.25) is 5.82 Å². The fraction of sp³-hybridized carbons (Fsp3) is 0.400. The van der Waals surface area contributed by atoms with Crippen LogP contribution in [0.5, 0.6) is 0 Å². The maximum atomic E-state index is 13.5. The van der Waals surface area contributed by atoms with Gasteiger partial charge >= 0.3 is 6.18 Å². The first-order chi connectivity index (χ1) is 11.8. The molecule has 25 heavy (non-hydrogen) atoms. The summed E-state index contributed by atoms with van der Waals surface area (Å²) in [6, 6.07) is 3.43. The molecule has 0 spiro atoms. The Kier molecular flexibility index (Phi) is 4.83. The van der Waals surface area contributed by atoms with Crippen molar-refractivity contribution in [3.63, 3.8) is 0 Å². The first kappa shape index (κ1) is 17.9. The van der Waals surface area contributed by atoms with Crippen molar-refractivity contribution >= 4 is 28.4 Å². The molecule has 1 unspecified atom stereocenters. The summed E-state index contributed by atoms with van der Waals surface area (Å²) in [5, 5.41) is 16.4. The van der Waals surface area contributed by atoms with Crippen LogP contribution in [0.25, 0.3) is 16.7 Å². The predicted octanol–water partition coefficient (Wildman–Crippen LogP) is 3.55. The van der Waals surface area contributed by atoms with E-state index in [-0.39, 0.29) is 34.2 Å². The normalized spacial score (nSPS) is 13.7. The summed E-state index contributed by atoms with van der Waals surface area (Å²) in [7, 11) is 0. The molecule has 0 aliphatic carbocycles. The van der Waals surface area contributed by atoms with Crippen molar-refractivity contribution in [3.8, 4) is 0 Å². The number of aromatic nitrogens is 4. The first-order valence-electron chi connectivity index (χ1n) is 7.50. The van der Waals surface area contributed by atoms with Gasteiger partial charge in [-0.05, 0) is 18.1 Å². The molecule has 1 atom stereocenters. The van der Waals surface area contributed by atoms with Gasteiger partial charge in [-0.3, -0.25) is 4.40 Å². The largest absolute Gasteiger partial charge is 0.452 e. The highest BCUT2D eigenvalue weighted by Gasteiger charge is 2.38. The van der Waals surface area contributed by atoms with Crippen LogP contribution in [-0.4, -0.2) is 37.0 Å². The Hall–Kier alpha value is -1.94. The maximum Gasteiger partial charge on any atom is 0.452 e. The van der Waals surface area contributed by atoms with E-state index in [0.29, 0.717) is 5.75 Å². The number of fused-ring (bicyclic) bond motifs is 3. The van der Waals surface area contributed by atoms with Crippen LogP contribution in [0.2, 0.25) is 0 Å². The molecule has 5 nitrogen and oxygen atoms in total. The van der Waals surface area contributed by atoms with Crippen molar-refractivity contribution in [2.75, 3.05) is 12.4 Å². The lowest BCUT2D eigenvalue weighted by Gasteiger charge is -2.12. The van der Waals surface area contributed by atoms with Gasteiger partial charge in [-0.25, -0.2) is 9.37 Å². The number of hydrogen-bond acceptors (Lipinski definition) is 5. The van der Waals surface area contributed by atoms with Gasteiger partial charge in [0.15, 0.2) is 5.65 Å². The third kappa shape index (κ3) is 3.40. The minimum absolute atomic E-state index is 0.0132. The Morgan fingerprint density at radius 3 is 2.68 bits per heavy atom. The molecule has 134 valence electrons. The Morgan fingerprint density at radius 2 is 2.04 bits per heavy atom. The van der Waals surface area contributed by atoms with E-state index in [9.17, 15) is 22.7 Å². The Bertz CT molecular complexity index is 908. The monoisotopic (exact) mass is 374 g/mol. The van der Waals surface area contributed by atoms with Crippen molar-refractivity contribution in [2.24, 2.45) is 5.92 Å². The number of halogens is 4. The second kappa shape index (κ2) is 6.75. The van der Waals surface area contributed by atoms with Crippen LogP contribution < -0.4 is 0 Å². The zero-order valence-corrected chi connectivity index (χ0v) is 13.9. The van der Waals surface area contributed by atoms with Crippen molar-refractivity contribution < 1.29 is 22.7 Å². The third-order valence-corrected chi connectivity index (χ3v) is 4.98. The number of alkyl halides is 3. The molecular formula is C15H14F4N4OS. The summed E-state index contributed by atoms with van der Waals surface area (Å²) in [6.07, 6.45) is -4.02. The molecule has 0 saturated heterocycles. The van der Waals surface area contributed by atoms with E-state index in [1.807, 2.05) is 6.92 Å². The van der Waals surface area contributed by atoms with Crippen LogP contribution in [0.15, 0.2) is 23.2 Å². The highest BCUT2D eigenvalue weighted by molar-refractivity contribution is 7.99. The van der Waals surface area contributed by atoms with Crippen molar-refractivity contribution in [1.29, 1.82) is 0 Å². The first-order valence-corrected chi connectivity index (χ1v) is 8.49. The van der Waals surface area contributed by atoms with Crippen molar-refractivity contribution in [1.82, 2.24) is 19.6 Å². The van der Waals surface area contributed by atoms with Crippen LogP contribution in [-0.2, 0) is 6.18 Å². The lowest BCUT2D eigenvalue weighted by atomic mass is 10.1. The van der Waals surface area contributed by atoms with E-state index < -0.39 is 17.8 Å². The molecule has 3 aromatic rings. The van der Waals surface area contributed by atoms with Crippen LogP contribution in [0.3, 0.4) is 0 Å². The lowest BCUT2D eigenvalue weighted by molar-refractivity contribution is -0.145. The molecule has 0 amide bonds. The van der Waals surface area contributed by atoms with Gasteiger partial charge in [0.05, 0.1) is 11.0 Å². The van der Waals surface area contributed by atoms with Gasteiger partial charge in [-0.1, -0.05) is 13.3 Å². The van der Waals surface area contributed by atoms with E-state index in [1.165, 1.54) is 17.8 Å². The number of aliphatic hydroxyl groups is 1. The second-order valence-corrected chi connectivity index (χ2v) is 6.51. The van der Waals surface area contributed by atoms with Gasteiger partial charge in [-0.15, -0.1) is 22.0 Å². The highest BCUT2D eigenvalue weighted by atomic mass is 32.2. The predicted molar refractivity (Wildman–Crippen MR) is 84.8 cm³/mol. The topological polar surface area (TPSA) is 63.3 Å². The van der Waals surface area contributed by atoms with Gasteiger partial charge in [0.25, 0.3) is 0 Å². The Balaban J connectivity index is 2.21. The standard InChI is InChI=1S/C15H14F4N4OS/c1-2-8(6-24)7-25-13-12-21-22-14(15(17,18)19)23(12)11-5-9(16)3-4-10(11)20-13/h3-5,8,24H,2,6-7H2,1H3. The summed E-state index contributed by atoms with van der Waals surface area (Å²) in [5.74, 6) is -1.45. The molecule has 0 radical (unpaired) electrons. The number of rotatable bonds is 5. The van der Waals surface area contributed by atoms with Gasteiger partial charge in [0.1, 0.15) is 10.8 Å². The molecule has 0 aliphatic rings. The van der Waals surface area contributed by atoms with Gasteiger partial charge in [0, 0.05) is 18.4 Å².